The van der Waals surface area contributed by atoms with Gasteiger partial charge in [0.1, 0.15) is 6.61 Å². The molecule has 1 aromatic carbocycles. The van der Waals surface area contributed by atoms with Crippen LogP contribution in [0.2, 0.25) is 0 Å². The van der Waals surface area contributed by atoms with E-state index in [-0.39, 0.29) is 6.61 Å². The number of nitrogens with one attached hydrogen (secondary N) is 1. The minimum absolute atomic E-state index is 0.247. The minimum Gasteiger partial charge on any atom is -0.493 e. The molecule has 0 bridgehead atoms. The van der Waals surface area contributed by atoms with Crippen molar-refractivity contribution in [3.63, 3.8) is 0 Å². The third-order valence-electron chi connectivity index (χ3n) is 2.83. The highest BCUT2D eigenvalue weighted by Gasteiger charge is 2.10. The summed E-state index contributed by atoms with van der Waals surface area (Å²) >= 11 is 0. The van der Waals surface area contributed by atoms with E-state index in [0.717, 1.165) is 24.3 Å². The number of methoxy groups -OCH3 is 1. The van der Waals surface area contributed by atoms with Gasteiger partial charge in [0.25, 0.3) is 0 Å². The fourth-order valence-corrected chi connectivity index (χ4v) is 1.57. The number of benzene rings is 1. The van der Waals surface area contributed by atoms with Gasteiger partial charge in [-0.25, -0.2) is 0 Å². The van der Waals surface area contributed by atoms with Gasteiger partial charge in [0.15, 0.2) is 11.5 Å². The zero-order valence-corrected chi connectivity index (χ0v) is 11.3. The van der Waals surface area contributed by atoms with Gasteiger partial charge >= 0.3 is 0 Å². The van der Waals surface area contributed by atoms with Crippen molar-refractivity contribution in [2.24, 2.45) is 0 Å². The fourth-order valence-electron chi connectivity index (χ4n) is 1.57. The molecule has 0 aliphatic heterocycles. The van der Waals surface area contributed by atoms with E-state index in [1.165, 1.54) is 0 Å². The summed E-state index contributed by atoms with van der Waals surface area (Å²) in [4.78, 5) is 0. The van der Waals surface area contributed by atoms with Crippen LogP contribution in [0.4, 0.5) is 0 Å². The van der Waals surface area contributed by atoms with Gasteiger partial charge in [-0.15, -0.1) is 6.42 Å². The monoisotopic (exact) mass is 247 g/mol. The van der Waals surface area contributed by atoms with E-state index < -0.39 is 0 Å². The van der Waals surface area contributed by atoms with E-state index in [4.69, 9.17) is 15.9 Å². The lowest BCUT2D eigenvalue weighted by Gasteiger charge is -2.16. The van der Waals surface area contributed by atoms with Crippen molar-refractivity contribution >= 4 is 0 Å². The molecule has 0 heterocycles. The molecule has 3 heteroatoms. The topological polar surface area (TPSA) is 30.5 Å². The van der Waals surface area contributed by atoms with Crippen LogP contribution in [-0.2, 0) is 6.54 Å². The Hall–Kier alpha value is -1.66. The van der Waals surface area contributed by atoms with Crippen molar-refractivity contribution in [3.8, 4) is 23.8 Å². The Balaban J connectivity index is 2.84. The molecule has 0 aromatic heterocycles. The Kier molecular flexibility index (Phi) is 6.10. The smallest absolute Gasteiger partial charge is 0.167 e. The van der Waals surface area contributed by atoms with E-state index in [2.05, 4.69) is 25.1 Å². The summed E-state index contributed by atoms with van der Waals surface area (Å²) in [6.07, 6.45) is 6.32. The van der Waals surface area contributed by atoms with Crippen LogP contribution >= 0.6 is 0 Å². The average molecular weight is 247 g/mol. The fraction of sp³-hybridized carbons (Fsp3) is 0.467. The normalized spacial score (nSPS) is 11.7. The van der Waals surface area contributed by atoms with Crippen molar-refractivity contribution in [3.05, 3.63) is 23.8 Å². The lowest BCUT2D eigenvalue weighted by atomic mass is 10.1. The van der Waals surface area contributed by atoms with Gasteiger partial charge in [0.2, 0.25) is 0 Å². The summed E-state index contributed by atoms with van der Waals surface area (Å²) in [5.74, 6) is 3.92. The van der Waals surface area contributed by atoms with Gasteiger partial charge in [-0.2, -0.15) is 0 Å². The van der Waals surface area contributed by atoms with E-state index in [1.807, 2.05) is 18.2 Å². The molecule has 0 fully saturated rings. The quantitative estimate of drug-likeness (QED) is 0.751. The first-order valence-electron chi connectivity index (χ1n) is 6.18. The summed E-state index contributed by atoms with van der Waals surface area (Å²) in [5.41, 5.74) is 1.06. The molecular weight excluding hydrogens is 226 g/mol. The van der Waals surface area contributed by atoms with Crippen LogP contribution < -0.4 is 14.8 Å². The van der Waals surface area contributed by atoms with Crippen LogP contribution in [0.3, 0.4) is 0 Å². The molecule has 0 radical (unpaired) electrons. The number of rotatable bonds is 7. The van der Waals surface area contributed by atoms with Gasteiger partial charge in [-0.1, -0.05) is 25.0 Å². The Labute approximate surface area is 109 Å². The summed E-state index contributed by atoms with van der Waals surface area (Å²) in [6.45, 7) is 5.30. The van der Waals surface area contributed by atoms with Gasteiger partial charge in [0, 0.05) is 18.2 Å². The average Bonchev–Trinajstić information content (AvgIpc) is 2.42. The Morgan fingerprint density at radius 1 is 1.44 bits per heavy atom. The first kappa shape index (κ1) is 14.4. The van der Waals surface area contributed by atoms with Crippen molar-refractivity contribution in [1.29, 1.82) is 0 Å². The second-order valence-corrected chi connectivity index (χ2v) is 4.13. The predicted molar refractivity (Wildman–Crippen MR) is 73.9 cm³/mol. The molecule has 0 spiro atoms. The third-order valence-corrected chi connectivity index (χ3v) is 2.83. The van der Waals surface area contributed by atoms with E-state index >= 15 is 0 Å². The van der Waals surface area contributed by atoms with Gasteiger partial charge in [-0.3, -0.25) is 0 Å². The van der Waals surface area contributed by atoms with Gasteiger partial charge < -0.3 is 14.8 Å². The summed E-state index contributed by atoms with van der Waals surface area (Å²) < 4.78 is 10.9. The highest BCUT2D eigenvalue weighted by atomic mass is 16.5. The van der Waals surface area contributed by atoms with Crippen LogP contribution in [0.5, 0.6) is 11.5 Å². The molecule has 98 valence electrons. The molecule has 3 nitrogen and oxygen atoms in total. The second-order valence-electron chi connectivity index (χ2n) is 4.13. The summed E-state index contributed by atoms with van der Waals surface area (Å²) in [7, 11) is 1.63. The largest absolute Gasteiger partial charge is 0.493 e. The zero-order chi connectivity index (χ0) is 13.4. The third kappa shape index (κ3) is 3.97. The standard InChI is InChI=1S/C15H21NO2/c1-5-10-18-15-13(11-16-12(3)6-2)8-7-9-14(15)17-4/h1,7-9,12,16H,6,10-11H2,2-4H3. The van der Waals surface area contributed by atoms with Crippen molar-refractivity contribution in [2.45, 2.75) is 32.9 Å². The second kappa shape index (κ2) is 7.62. The van der Waals surface area contributed by atoms with Crippen molar-refractivity contribution < 1.29 is 9.47 Å². The molecule has 0 saturated carbocycles. The Morgan fingerprint density at radius 2 is 2.22 bits per heavy atom. The highest BCUT2D eigenvalue weighted by Crippen LogP contribution is 2.31. The van der Waals surface area contributed by atoms with Gasteiger partial charge in [-0.05, 0) is 19.4 Å². The molecule has 1 unspecified atom stereocenters. The maximum absolute atomic E-state index is 5.57. The first-order chi connectivity index (χ1) is 8.72. The molecule has 1 N–H and O–H groups in total. The molecule has 0 amide bonds. The van der Waals surface area contributed by atoms with Crippen LogP contribution in [0.1, 0.15) is 25.8 Å². The Bertz CT molecular complexity index is 409. The van der Waals surface area contributed by atoms with E-state index in [0.29, 0.717) is 11.8 Å². The maximum atomic E-state index is 5.57. The molecular formula is C15H21NO2. The number of hydrogen-bond donors (Lipinski definition) is 1. The molecule has 0 aliphatic rings. The summed E-state index contributed by atoms with van der Waals surface area (Å²) in [6, 6.07) is 6.31. The zero-order valence-electron chi connectivity index (χ0n) is 11.3. The number of ether oxygens (including phenoxy) is 2. The molecule has 18 heavy (non-hydrogen) atoms. The van der Waals surface area contributed by atoms with Crippen molar-refractivity contribution in [2.75, 3.05) is 13.7 Å². The minimum atomic E-state index is 0.247. The van der Waals surface area contributed by atoms with E-state index in [1.54, 1.807) is 7.11 Å². The number of para-hydroxylation sites is 1. The lowest BCUT2D eigenvalue weighted by molar-refractivity contribution is 0.326. The first-order valence-corrected chi connectivity index (χ1v) is 6.18. The molecule has 0 aliphatic carbocycles. The van der Waals surface area contributed by atoms with Gasteiger partial charge in [0.05, 0.1) is 7.11 Å². The highest BCUT2D eigenvalue weighted by molar-refractivity contribution is 5.46. The van der Waals surface area contributed by atoms with E-state index in [9.17, 15) is 0 Å². The molecule has 1 rings (SSSR count). The predicted octanol–water partition coefficient (Wildman–Crippen LogP) is 2.60. The molecule has 1 aromatic rings. The molecule has 1 atom stereocenters. The SMILES string of the molecule is C#CCOc1c(CNC(C)CC)cccc1OC. The van der Waals surface area contributed by atoms with Crippen LogP contribution in [0.25, 0.3) is 0 Å². The van der Waals surface area contributed by atoms with Crippen molar-refractivity contribution in [1.82, 2.24) is 5.32 Å². The summed E-state index contributed by atoms with van der Waals surface area (Å²) in [5, 5.41) is 3.43. The van der Waals surface area contributed by atoms with Crippen LogP contribution in [0, 0.1) is 12.3 Å². The molecule has 0 saturated heterocycles. The lowest BCUT2D eigenvalue weighted by Crippen LogP contribution is -2.24. The van der Waals surface area contributed by atoms with Crippen LogP contribution in [0.15, 0.2) is 18.2 Å². The number of terminal acetylenes is 1. The maximum Gasteiger partial charge on any atom is 0.167 e. The van der Waals surface area contributed by atoms with Crippen LogP contribution in [-0.4, -0.2) is 19.8 Å². The number of hydrogen-bond acceptors (Lipinski definition) is 3. The Morgan fingerprint density at radius 3 is 2.83 bits per heavy atom.